The summed E-state index contributed by atoms with van der Waals surface area (Å²) < 4.78 is 28.7. The average Bonchev–Trinajstić information content (AvgIpc) is 2.91. The van der Waals surface area contributed by atoms with Crippen molar-refractivity contribution in [2.45, 2.75) is 37.9 Å². The van der Waals surface area contributed by atoms with Gasteiger partial charge in [-0.25, -0.2) is 13.1 Å². The van der Waals surface area contributed by atoms with Crippen LogP contribution >= 0.6 is 0 Å². The molecule has 0 aliphatic carbocycles. The van der Waals surface area contributed by atoms with Crippen LogP contribution in [-0.2, 0) is 29.7 Å². The predicted octanol–water partition coefficient (Wildman–Crippen LogP) is 0.659. The third-order valence-corrected chi connectivity index (χ3v) is 4.34. The highest BCUT2D eigenvalue weighted by molar-refractivity contribution is 7.89. The lowest BCUT2D eigenvalue weighted by atomic mass is 10.4. The molecule has 21 heavy (non-hydrogen) atoms. The Hall–Kier alpha value is -1.77. The third-order valence-electron chi connectivity index (χ3n) is 2.97. The van der Waals surface area contributed by atoms with Crippen molar-refractivity contribution in [2.75, 3.05) is 0 Å². The van der Waals surface area contributed by atoms with Crippen LogP contribution < -0.4 is 4.72 Å². The molecule has 0 aromatic carbocycles. The van der Waals surface area contributed by atoms with E-state index in [9.17, 15) is 13.5 Å². The summed E-state index contributed by atoms with van der Waals surface area (Å²) in [5, 5.41) is 16.8. The number of rotatable bonds is 7. The zero-order chi connectivity index (χ0) is 15.3. The summed E-state index contributed by atoms with van der Waals surface area (Å²) in [5.74, 6) is 0. The summed E-state index contributed by atoms with van der Waals surface area (Å²) in [4.78, 5) is 0.142. The molecule has 0 aliphatic rings. The van der Waals surface area contributed by atoms with E-state index >= 15 is 0 Å². The van der Waals surface area contributed by atoms with Crippen LogP contribution in [0.5, 0.6) is 0 Å². The number of aliphatic hydroxyl groups excluding tert-OH is 1. The first-order valence-corrected chi connectivity index (χ1v) is 8.11. The molecule has 2 heterocycles. The molecule has 7 nitrogen and oxygen atoms in total. The van der Waals surface area contributed by atoms with Gasteiger partial charge in [0.05, 0.1) is 23.7 Å². The molecular formula is C13H18N4O3S. The van der Waals surface area contributed by atoms with Crippen molar-refractivity contribution in [2.24, 2.45) is 0 Å². The van der Waals surface area contributed by atoms with Crippen molar-refractivity contribution in [1.82, 2.24) is 19.5 Å². The van der Waals surface area contributed by atoms with Crippen LogP contribution in [0.15, 0.2) is 35.5 Å². The van der Waals surface area contributed by atoms with E-state index in [0.717, 1.165) is 6.42 Å². The lowest BCUT2D eigenvalue weighted by molar-refractivity contribution is 0.270. The summed E-state index contributed by atoms with van der Waals surface area (Å²) in [6.07, 6.45) is 3.92. The Morgan fingerprint density at radius 3 is 2.86 bits per heavy atom. The van der Waals surface area contributed by atoms with Crippen molar-refractivity contribution >= 4 is 10.0 Å². The van der Waals surface area contributed by atoms with E-state index in [1.807, 2.05) is 6.92 Å². The summed E-state index contributed by atoms with van der Waals surface area (Å²) in [7, 11) is -3.64. The van der Waals surface area contributed by atoms with Gasteiger partial charge in [0.25, 0.3) is 0 Å². The van der Waals surface area contributed by atoms with Gasteiger partial charge < -0.3 is 9.67 Å². The molecular weight excluding hydrogens is 292 g/mol. The van der Waals surface area contributed by atoms with Crippen molar-refractivity contribution in [3.05, 3.63) is 42.0 Å². The van der Waals surface area contributed by atoms with Crippen LogP contribution in [-0.4, -0.2) is 28.3 Å². The minimum Gasteiger partial charge on any atom is -0.390 e. The molecule has 0 amide bonds. The van der Waals surface area contributed by atoms with E-state index in [2.05, 4.69) is 14.9 Å². The van der Waals surface area contributed by atoms with Gasteiger partial charge in [0.2, 0.25) is 10.0 Å². The smallest absolute Gasteiger partial charge is 0.242 e. The van der Waals surface area contributed by atoms with Gasteiger partial charge in [-0.3, -0.25) is 0 Å². The molecule has 0 spiro atoms. The van der Waals surface area contributed by atoms with Crippen molar-refractivity contribution in [1.29, 1.82) is 0 Å². The Bertz CT molecular complexity index is 683. The van der Waals surface area contributed by atoms with Crippen molar-refractivity contribution in [3.63, 3.8) is 0 Å². The first kappa shape index (κ1) is 15.6. The zero-order valence-electron chi connectivity index (χ0n) is 11.7. The minimum absolute atomic E-state index is 0.0730. The van der Waals surface area contributed by atoms with E-state index in [4.69, 9.17) is 0 Å². The molecule has 114 valence electrons. The maximum atomic E-state index is 12.2. The lowest BCUT2D eigenvalue weighted by Gasteiger charge is -2.04. The number of sulfonamides is 1. The van der Waals surface area contributed by atoms with Crippen LogP contribution in [0.1, 0.15) is 24.7 Å². The molecule has 2 aromatic rings. The molecule has 2 rings (SSSR count). The van der Waals surface area contributed by atoms with Gasteiger partial charge >= 0.3 is 0 Å². The fourth-order valence-electron chi connectivity index (χ4n) is 1.93. The average molecular weight is 310 g/mol. The Labute approximate surface area is 123 Å². The molecule has 8 heteroatoms. The quantitative estimate of drug-likeness (QED) is 0.783. The molecule has 0 unspecified atom stereocenters. The predicted molar refractivity (Wildman–Crippen MR) is 76.7 cm³/mol. The number of hydrogen-bond acceptors (Lipinski definition) is 5. The maximum Gasteiger partial charge on any atom is 0.242 e. The van der Waals surface area contributed by atoms with Gasteiger partial charge in [0.1, 0.15) is 0 Å². The van der Waals surface area contributed by atoms with Crippen LogP contribution in [0.3, 0.4) is 0 Å². The van der Waals surface area contributed by atoms with E-state index in [1.165, 1.54) is 18.5 Å². The van der Waals surface area contributed by atoms with Crippen molar-refractivity contribution < 1.29 is 13.5 Å². The van der Waals surface area contributed by atoms with Crippen LogP contribution in [0.25, 0.3) is 0 Å². The number of hydrogen-bond donors (Lipinski definition) is 2. The monoisotopic (exact) mass is 310 g/mol. The van der Waals surface area contributed by atoms with E-state index in [1.54, 1.807) is 16.7 Å². The summed E-state index contributed by atoms with van der Waals surface area (Å²) in [6, 6.07) is 4.86. The fraction of sp³-hybridized carbons (Fsp3) is 0.385. The Kier molecular flexibility index (Phi) is 5.05. The second-order valence-corrected chi connectivity index (χ2v) is 6.33. The van der Waals surface area contributed by atoms with Gasteiger partial charge in [-0.15, -0.1) is 0 Å². The van der Waals surface area contributed by atoms with E-state index in [-0.39, 0.29) is 18.0 Å². The van der Waals surface area contributed by atoms with E-state index in [0.29, 0.717) is 17.9 Å². The SMILES string of the molecule is CCCn1cc(S(=O)(=O)NCc2cccnn2)cc1CO. The molecule has 0 saturated heterocycles. The number of aliphatic hydroxyl groups is 1. The summed E-state index contributed by atoms with van der Waals surface area (Å²) in [5.41, 5.74) is 1.12. The first-order chi connectivity index (χ1) is 10.1. The normalized spacial score (nSPS) is 11.7. The molecule has 2 aromatic heterocycles. The van der Waals surface area contributed by atoms with Gasteiger partial charge in [-0.2, -0.15) is 10.2 Å². The second kappa shape index (κ2) is 6.79. The molecule has 0 radical (unpaired) electrons. The second-order valence-electron chi connectivity index (χ2n) is 4.56. The largest absolute Gasteiger partial charge is 0.390 e. The maximum absolute atomic E-state index is 12.2. The molecule has 0 saturated carbocycles. The van der Waals surface area contributed by atoms with Crippen LogP contribution in [0.2, 0.25) is 0 Å². The highest BCUT2D eigenvalue weighted by atomic mass is 32.2. The summed E-state index contributed by atoms with van der Waals surface area (Å²) >= 11 is 0. The summed E-state index contributed by atoms with van der Waals surface area (Å²) in [6.45, 7) is 2.53. The Morgan fingerprint density at radius 2 is 2.24 bits per heavy atom. The molecule has 2 N–H and O–H groups in total. The Balaban J connectivity index is 2.15. The van der Waals surface area contributed by atoms with Gasteiger partial charge in [-0.1, -0.05) is 6.92 Å². The fourth-order valence-corrected chi connectivity index (χ4v) is 3.00. The molecule has 0 atom stereocenters. The lowest BCUT2D eigenvalue weighted by Crippen LogP contribution is -2.23. The number of nitrogens with one attached hydrogen (secondary N) is 1. The number of aromatic nitrogens is 3. The third kappa shape index (κ3) is 3.87. The number of aryl methyl sites for hydroxylation is 1. The topological polar surface area (TPSA) is 97.1 Å². The highest BCUT2D eigenvalue weighted by Crippen LogP contribution is 2.15. The van der Waals surface area contributed by atoms with Crippen LogP contribution in [0, 0.1) is 0 Å². The van der Waals surface area contributed by atoms with E-state index < -0.39 is 10.0 Å². The molecule has 0 fully saturated rings. The zero-order valence-corrected chi connectivity index (χ0v) is 12.5. The Morgan fingerprint density at radius 1 is 1.43 bits per heavy atom. The highest BCUT2D eigenvalue weighted by Gasteiger charge is 2.18. The van der Waals surface area contributed by atoms with Crippen molar-refractivity contribution in [3.8, 4) is 0 Å². The molecule has 0 bridgehead atoms. The minimum atomic E-state index is -3.64. The standard InChI is InChI=1S/C13H18N4O3S/c1-2-6-17-9-13(7-12(17)10-18)21(19,20)15-8-11-4-3-5-14-16-11/h3-5,7,9,15,18H,2,6,8,10H2,1H3. The van der Waals surface area contributed by atoms with Crippen LogP contribution in [0.4, 0.5) is 0 Å². The first-order valence-electron chi connectivity index (χ1n) is 6.63. The van der Waals surface area contributed by atoms with Gasteiger partial charge in [0.15, 0.2) is 0 Å². The molecule has 0 aliphatic heterocycles. The van der Waals surface area contributed by atoms with Gasteiger partial charge in [-0.05, 0) is 24.6 Å². The number of nitrogens with zero attached hydrogens (tertiary/aromatic N) is 3. The van der Waals surface area contributed by atoms with Gasteiger partial charge in [0, 0.05) is 24.6 Å².